The lowest BCUT2D eigenvalue weighted by Gasteiger charge is -2.39. The number of piperazine rings is 1. The molecule has 134 valence electrons. The van der Waals surface area contributed by atoms with Gasteiger partial charge < -0.3 is 19.3 Å². The van der Waals surface area contributed by atoms with Crippen LogP contribution in [-0.2, 0) is 4.79 Å². The molecule has 26 heavy (non-hydrogen) atoms. The van der Waals surface area contributed by atoms with Crippen molar-refractivity contribution in [2.45, 2.75) is 13.0 Å². The van der Waals surface area contributed by atoms with Crippen LogP contribution >= 0.6 is 0 Å². The summed E-state index contributed by atoms with van der Waals surface area (Å²) in [6, 6.07) is 10.4. The van der Waals surface area contributed by atoms with E-state index < -0.39 is 17.8 Å². The first kappa shape index (κ1) is 16.4. The van der Waals surface area contributed by atoms with Gasteiger partial charge in [-0.05, 0) is 31.2 Å². The molecule has 0 spiro atoms. The second kappa shape index (κ2) is 6.33. The van der Waals surface area contributed by atoms with Crippen LogP contribution in [-0.4, -0.2) is 42.6 Å². The average molecular weight is 356 g/mol. The number of nitrogens with zero attached hydrogens (tertiary/aromatic N) is 2. The molecule has 2 aliphatic heterocycles. The van der Waals surface area contributed by atoms with Crippen LogP contribution in [0.2, 0.25) is 0 Å². The first-order valence-corrected chi connectivity index (χ1v) is 8.33. The minimum atomic E-state index is -0.693. The summed E-state index contributed by atoms with van der Waals surface area (Å²) in [7, 11) is 0. The van der Waals surface area contributed by atoms with Crippen LogP contribution < -0.4 is 14.4 Å². The summed E-state index contributed by atoms with van der Waals surface area (Å²) in [6.07, 6.45) is 0. The maximum absolute atomic E-state index is 13.9. The van der Waals surface area contributed by atoms with Crippen molar-refractivity contribution in [1.29, 1.82) is 0 Å². The number of ether oxygens (including phenoxy) is 2. The third-order valence-corrected chi connectivity index (χ3v) is 4.69. The molecule has 0 aromatic heterocycles. The summed E-state index contributed by atoms with van der Waals surface area (Å²) in [5.74, 6) is -0.0557. The Labute approximate surface area is 149 Å². The fourth-order valence-electron chi connectivity index (χ4n) is 3.25. The molecule has 4 rings (SSSR count). The number of benzene rings is 2. The molecular formula is C19H17FN2O4. The smallest absolute Gasteiger partial charge is 0.257 e. The molecule has 2 aliphatic rings. The van der Waals surface area contributed by atoms with Gasteiger partial charge in [0, 0.05) is 24.8 Å². The first-order chi connectivity index (χ1) is 12.6. The van der Waals surface area contributed by atoms with Gasteiger partial charge in [0.05, 0.1) is 5.56 Å². The van der Waals surface area contributed by atoms with Crippen molar-refractivity contribution in [3.8, 4) is 11.5 Å². The number of amides is 2. The predicted molar refractivity (Wildman–Crippen MR) is 91.8 cm³/mol. The van der Waals surface area contributed by atoms with E-state index in [0.717, 1.165) is 0 Å². The largest absolute Gasteiger partial charge is 0.454 e. The van der Waals surface area contributed by atoms with Gasteiger partial charge in [0.2, 0.25) is 12.7 Å². The third-order valence-electron chi connectivity index (χ3n) is 4.69. The SMILES string of the molecule is C[C@H]1C(=O)N(c2ccc3c(c2)OCO3)CCN1C(=O)c1ccccc1F. The van der Waals surface area contributed by atoms with E-state index in [4.69, 9.17) is 9.47 Å². The number of fused-ring (bicyclic) bond motifs is 1. The van der Waals surface area contributed by atoms with Crippen molar-refractivity contribution in [2.24, 2.45) is 0 Å². The Morgan fingerprint density at radius 2 is 1.88 bits per heavy atom. The lowest BCUT2D eigenvalue weighted by atomic mass is 10.1. The van der Waals surface area contributed by atoms with Gasteiger partial charge in [-0.15, -0.1) is 0 Å². The number of carbonyl (C=O) groups is 2. The van der Waals surface area contributed by atoms with Crippen LogP contribution in [0.15, 0.2) is 42.5 Å². The zero-order valence-corrected chi connectivity index (χ0v) is 14.1. The molecule has 2 amide bonds. The van der Waals surface area contributed by atoms with Crippen molar-refractivity contribution in [3.05, 3.63) is 53.8 Å². The molecule has 1 saturated heterocycles. The summed E-state index contributed by atoms with van der Waals surface area (Å²) in [4.78, 5) is 28.5. The van der Waals surface area contributed by atoms with Crippen LogP contribution in [0.1, 0.15) is 17.3 Å². The maximum atomic E-state index is 13.9. The quantitative estimate of drug-likeness (QED) is 0.829. The normalized spacial score (nSPS) is 19.0. The standard InChI is InChI=1S/C19H17FN2O4/c1-12-18(23)22(13-6-7-16-17(10-13)26-11-25-16)9-8-21(12)19(24)14-4-2-3-5-15(14)20/h2-7,10,12H,8-9,11H2,1H3/t12-/m0/s1. The molecule has 2 aromatic carbocycles. The Hall–Kier alpha value is -3.09. The highest BCUT2D eigenvalue weighted by molar-refractivity contribution is 6.03. The number of rotatable bonds is 2. The Morgan fingerprint density at radius 1 is 1.12 bits per heavy atom. The molecule has 2 heterocycles. The first-order valence-electron chi connectivity index (χ1n) is 8.33. The second-order valence-corrected chi connectivity index (χ2v) is 6.18. The molecular weight excluding hydrogens is 339 g/mol. The summed E-state index contributed by atoms with van der Waals surface area (Å²) in [5, 5.41) is 0. The molecule has 1 fully saturated rings. The topological polar surface area (TPSA) is 59.1 Å². The number of halogens is 1. The molecule has 0 bridgehead atoms. The fourth-order valence-corrected chi connectivity index (χ4v) is 3.25. The summed E-state index contributed by atoms with van der Waals surface area (Å²) in [6.45, 7) is 2.45. The monoisotopic (exact) mass is 356 g/mol. The van der Waals surface area contributed by atoms with Crippen molar-refractivity contribution >= 4 is 17.5 Å². The van der Waals surface area contributed by atoms with Crippen LogP contribution in [0.25, 0.3) is 0 Å². The van der Waals surface area contributed by atoms with Crippen molar-refractivity contribution in [1.82, 2.24) is 4.90 Å². The minimum absolute atomic E-state index is 0.0244. The molecule has 7 heteroatoms. The van der Waals surface area contributed by atoms with E-state index in [2.05, 4.69) is 0 Å². The van der Waals surface area contributed by atoms with Gasteiger partial charge in [-0.3, -0.25) is 9.59 Å². The highest BCUT2D eigenvalue weighted by atomic mass is 19.1. The number of hydrogen-bond acceptors (Lipinski definition) is 4. The molecule has 2 aromatic rings. The molecule has 0 N–H and O–H groups in total. The molecule has 6 nitrogen and oxygen atoms in total. The number of hydrogen-bond donors (Lipinski definition) is 0. The average Bonchev–Trinajstić information content (AvgIpc) is 3.11. The molecule has 0 saturated carbocycles. The van der Waals surface area contributed by atoms with Gasteiger partial charge in [-0.2, -0.15) is 0 Å². The zero-order valence-electron chi connectivity index (χ0n) is 14.1. The Kier molecular flexibility index (Phi) is 3.99. The van der Waals surface area contributed by atoms with Gasteiger partial charge in [0.1, 0.15) is 11.9 Å². The van der Waals surface area contributed by atoms with Crippen LogP contribution in [0.4, 0.5) is 10.1 Å². The third kappa shape index (κ3) is 2.65. The van der Waals surface area contributed by atoms with E-state index in [9.17, 15) is 14.0 Å². The zero-order chi connectivity index (χ0) is 18.3. The van der Waals surface area contributed by atoms with Crippen LogP contribution in [0.3, 0.4) is 0 Å². The van der Waals surface area contributed by atoms with Crippen LogP contribution in [0, 0.1) is 5.82 Å². The van der Waals surface area contributed by atoms with E-state index in [1.54, 1.807) is 36.1 Å². The van der Waals surface area contributed by atoms with Crippen molar-refractivity contribution < 1.29 is 23.5 Å². The summed E-state index contributed by atoms with van der Waals surface area (Å²) < 4.78 is 24.6. The number of anilines is 1. The molecule has 0 radical (unpaired) electrons. The lowest BCUT2D eigenvalue weighted by Crippen LogP contribution is -2.57. The molecule has 0 aliphatic carbocycles. The van der Waals surface area contributed by atoms with Gasteiger partial charge in [0.25, 0.3) is 5.91 Å². The second-order valence-electron chi connectivity index (χ2n) is 6.18. The van der Waals surface area contributed by atoms with E-state index >= 15 is 0 Å². The predicted octanol–water partition coefficient (Wildman–Crippen LogP) is 2.43. The highest BCUT2D eigenvalue weighted by Gasteiger charge is 2.36. The molecule has 0 unspecified atom stereocenters. The van der Waals surface area contributed by atoms with Gasteiger partial charge in [-0.25, -0.2) is 4.39 Å². The fraction of sp³-hybridized carbons (Fsp3) is 0.263. The highest BCUT2D eigenvalue weighted by Crippen LogP contribution is 2.36. The van der Waals surface area contributed by atoms with E-state index in [1.807, 2.05) is 0 Å². The number of carbonyl (C=O) groups excluding carboxylic acids is 2. The van der Waals surface area contributed by atoms with Gasteiger partial charge in [0.15, 0.2) is 11.5 Å². The van der Waals surface area contributed by atoms with E-state index in [0.29, 0.717) is 30.3 Å². The van der Waals surface area contributed by atoms with Crippen LogP contribution in [0.5, 0.6) is 11.5 Å². The van der Waals surface area contributed by atoms with E-state index in [-0.39, 0.29) is 18.3 Å². The molecule has 1 atom stereocenters. The summed E-state index contributed by atoms with van der Waals surface area (Å²) in [5.41, 5.74) is 0.660. The van der Waals surface area contributed by atoms with Gasteiger partial charge >= 0.3 is 0 Å². The van der Waals surface area contributed by atoms with Gasteiger partial charge in [-0.1, -0.05) is 12.1 Å². The Morgan fingerprint density at radius 3 is 2.69 bits per heavy atom. The van der Waals surface area contributed by atoms with Crippen molar-refractivity contribution in [3.63, 3.8) is 0 Å². The minimum Gasteiger partial charge on any atom is -0.454 e. The maximum Gasteiger partial charge on any atom is 0.257 e. The Bertz CT molecular complexity index is 886. The summed E-state index contributed by atoms with van der Waals surface area (Å²) >= 11 is 0. The lowest BCUT2D eigenvalue weighted by molar-refractivity contribution is -0.124. The van der Waals surface area contributed by atoms with Crippen molar-refractivity contribution in [2.75, 3.05) is 24.8 Å². The van der Waals surface area contributed by atoms with E-state index in [1.165, 1.54) is 23.1 Å². The Balaban J connectivity index is 1.56.